The molecule has 0 amide bonds. The van der Waals surface area contributed by atoms with Crippen molar-refractivity contribution >= 4 is 0 Å². The fourth-order valence-corrected chi connectivity index (χ4v) is 2.03. The van der Waals surface area contributed by atoms with Gasteiger partial charge in [0.25, 0.3) is 0 Å². The molecule has 4 heteroatoms. The van der Waals surface area contributed by atoms with Crippen LogP contribution in [0.3, 0.4) is 0 Å². The second kappa shape index (κ2) is 5.53. The van der Waals surface area contributed by atoms with E-state index in [-0.39, 0.29) is 5.82 Å². The van der Waals surface area contributed by atoms with E-state index in [1.165, 1.54) is 25.0 Å². The number of nitrogens with zero attached hydrogens (tertiary/aromatic N) is 1. The van der Waals surface area contributed by atoms with Gasteiger partial charge < -0.3 is 9.73 Å². The van der Waals surface area contributed by atoms with Crippen LogP contribution in [0.4, 0.5) is 4.39 Å². The third kappa shape index (κ3) is 3.41. The van der Waals surface area contributed by atoms with Crippen molar-refractivity contribution in [3.63, 3.8) is 0 Å². The molecular weight excluding hydrogens is 243 g/mol. The summed E-state index contributed by atoms with van der Waals surface area (Å²) in [6, 6.07) is 7.12. The topological polar surface area (TPSA) is 38.1 Å². The standard InChI is InChI=1S/C15H17FN2O/c16-12-4-1-3-11(9-12)14-10-18-15(19-14)5-2-8-17-13-6-7-13/h1,3-4,9-10,13,17H,2,5-8H2. The van der Waals surface area contributed by atoms with Crippen LogP contribution in [-0.2, 0) is 6.42 Å². The second-order valence-electron chi connectivity index (χ2n) is 4.96. The average Bonchev–Trinajstić information content (AvgIpc) is 3.11. The van der Waals surface area contributed by atoms with Gasteiger partial charge in [-0.2, -0.15) is 0 Å². The van der Waals surface area contributed by atoms with Gasteiger partial charge in [-0.25, -0.2) is 9.37 Å². The van der Waals surface area contributed by atoms with Gasteiger partial charge in [-0.15, -0.1) is 0 Å². The number of aryl methyl sites for hydroxylation is 1. The summed E-state index contributed by atoms with van der Waals surface area (Å²) < 4.78 is 18.8. The van der Waals surface area contributed by atoms with Crippen molar-refractivity contribution in [1.82, 2.24) is 10.3 Å². The van der Waals surface area contributed by atoms with Crippen LogP contribution in [0.25, 0.3) is 11.3 Å². The summed E-state index contributed by atoms with van der Waals surface area (Å²) in [4.78, 5) is 4.24. The Hall–Kier alpha value is -1.68. The summed E-state index contributed by atoms with van der Waals surface area (Å²) in [6.45, 7) is 1.00. The minimum absolute atomic E-state index is 0.260. The molecular formula is C15H17FN2O. The smallest absolute Gasteiger partial charge is 0.194 e. The van der Waals surface area contributed by atoms with E-state index in [2.05, 4.69) is 10.3 Å². The van der Waals surface area contributed by atoms with E-state index in [1.54, 1.807) is 12.3 Å². The number of hydrogen-bond donors (Lipinski definition) is 1. The first-order valence-electron chi connectivity index (χ1n) is 6.75. The van der Waals surface area contributed by atoms with Crippen molar-refractivity contribution in [2.45, 2.75) is 31.7 Å². The van der Waals surface area contributed by atoms with Crippen LogP contribution in [-0.4, -0.2) is 17.6 Å². The van der Waals surface area contributed by atoms with Crippen molar-refractivity contribution in [2.24, 2.45) is 0 Å². The number of benzene rings is 1. The Labute approximate surface area is 111 Å². The summed E-state index contributed by atoms with van der Waals surface area (Å²) in [5.41, 5.74) is 0.731. The molecule has 1 aromatic carbocycles. The first-order chi connectivity index (χ1) is 9.31. The van der Waals surface area contributed by atoms with Gasteiger partial charge in [0, 0.05) is 18.0 Å². The normalized spacial score (nSPS) is 14.8. The Morgan fingerprint density at radius 3 is 3.05 bits per heavy atom. The molecule has 1 heterocycles. The van der Waals surface area contributed by atoms with Crippen molar-refractivity contribution < 1.29 is 8.81 Å². The number of oxazole rings is 1. The molecule has 3 rings (SSSR count). The minimum Gasteiger partial charge on any atom is -0.441 e. The van der Waals surface area contributed by atoms with Crippen LogP contribution in [0.5, 0.6) is 0 Å². The molecule has 1 aliphatic rings. The third-order valence-electron chi connectivity index (χ3n) is 3.24. The fraction of sp³-hybridized carbons (Fsp3) is 0.400. The van der Waals surface area contributed by atoms with Crippen molar-refractivity contribution in [2.75, 3.05) is 6.54 Å². The predicted molar refractivity (Wildman–Crippen MR) is 71.2 cm³/mol. The maximum atomic E-state index is 13.1. The molecule has 0 radical (unpaired) electrons. The summed E-state index contributed by atoms with van der Waals surface area (Å²) in [5.74, 6) is 1.09. The number of nitrogens with one attached hydrogen (secondary N) is 1. The fourth-order valence-electron chi connectivity index (χ4n) is 2.03. The Kier molecular flexibility index (Phi) is 3.60. The van der Waals surface area contributed by atoms with Crippen molar-refractivity contribution in [1.29, 1.82) is 0 Å². The summed E-state index contributed by atoms with van der Waals surface area (Å²) in [5, 5.41) is 3.45. The summed E-state index contributed by atoms with van der Waals surface area (Å²) in [6.07, 6.45) is 6.11. The highest BCUT2D eigenvalue weighted by atomic mass is 19.1. The van der Waals surface area contributed by atoms with Crippen LogP contribution in [0.1, 0.15) is 25.2 Å². The van der Waals surface area contributed by atoms with Crippen LogP contribution >= 0.6 is 0 Å². The average molecular weight is 260 g/mol. The first kappa shape index (κ1) is 12.4. The molecule has 0 bridgehead atoms. The zero-order chi connectivity index (χ0) is 13.1. The zero-order valence-corrected chi connectivity index (χ0v) is 10.7. The van der Waals surface area contributed by atoms with Gasteiger partial charge in [0.15, 0.2) is 11.7 Å². The van der Waals surface area contributed by atoms with Gasteiger partial charge in [0.2, 0.25) is 0 Å². The van der Waals surface area contributed by atoms with E-state index in [4.69, 9.17) is 4.42 Å². The lowest BCUT2D eigenvalue weighted by atomic mass is 10.2. The Bertz CT molecular complexity index is 549. The van der Waals surface area contributed by atoms with Crippen molar-refractivity contribution in [3.8, 4) is 11.3 Å². The summed E-state index contributed by atoms with van der Waals surface area (Å²) >= 11 is 0. The van der Waals surface area contributed by atoms with Crippen LogP contribution in [0, 0.1) is 5.82 Å². The van der Waals surface area contributed by atoms with E-state index < -0.39 is 0 Å². The molecule has 19 heavy (non-hydrogen) atoms. The Morgan fingerprint density at radius 2 is 2.26 bits per heavy atom. The Balaban J connectivity index is 1.56. The maximum Gasteiger partial charge on any atom is 0.194 e. The largest absolute Gasteiger partial charge is 0.441 e. The molecule has 1 aromatic heterocycles. The van der Waals surface area contributed by atoms with Crippen molar-refractivity contribution in [3.05, 3.63) is 42.2 Å². The highest BCUT2D eigenvalue weighted by Crippen LogP contribution is 2.22. The molecule has 0 aliphatic heterocycles. The molecule has 100 valence electrons. The first-order valence-corrected chi connectivity index (χ1v) is 6.75. The zero-order valence-electron chi connectivity index (χ0n) is 10.7. The number of rotatable bonds is 6. The van der Waals surface area contributed by atoms with Crippen LogP contribution < -0.4 is 5.32 Å². The molecule has 2 aromatic rings. The Morgan fingerprint density at radius 1 is 1.37 bits per heavy atom. The molecule has 0 spiro atoms. The summed E-state index contributed by atoms with van der Waals surface area (Å²) in [7, 11) is 0. The monoisotopic (exact) mass is 260 g/mol. The van der Waals surface area contributed by atoms with Gasteiger partial charge in [-0.1, -0.05) is 12.1 Å². The predicted octanol–water partition coefficient (Wildman–Crippen LogP) is 3.17. The highest BCUT2D eigenvalue weighted by Gasteiger charge is 2.19. The molecule has 1 N–H and O–H groups in total. The quantitative estimate of drug-likeness (QED) is 0.811. The van der Waals surface area contributed by atoms with Gasteiger partial charge >= 0.3 is 0 Å². The van der Waals surface area contributed by atoms with E-state index in [9.17, 15) is 4.39 Å². The molecule has 1 aliphatic carbocycles. The number of halogens is 1. The van der Waals surface area contributed by atoms with Gasteiger partial charge in [0.1, 0.15) is 5.82 Å². The molecule has 3 nitrogen and oxygen atoms in total. The van der Waals surface area contributed by atoms with E-state index in [0.717, 1.165) is 36.9 Å². The van der Waals surface area contributed by atoms with Gasteiger partial charge in [-0.05, 0) is 37.9 Å². The number of hydrogen-bond acceptors (Lipinski definition) is 3. The van der Waals surface area contributed by atoms with E-state index in [1.807, 2.05) is 6.07 Å². The lowest BCUT2D eigenvalue weighted by molar-refractivity contribution is 0.491. The van der Waals surface area contributed by atoms with Crippen LogP contribution in [0.2, 0.25) is 0 Å². The lowest BCUT2D eigenvalue weighted by Gasteiger charge is -2.00. The van der Waals surface area contributed by atoms with Crippen LogP contribution in [0.15, 0.2) is 34.9 Å². The van der Waals surface area contributed by atoms with Gasteiger partial charge in [0.05, 0.1) is 6.20 Å². The molecule has 0 saturated heterocycles. The SMILES string of the molecule is Fc1cccc(-c2cnc(CCCNC3CC3)o2)c1. The molecule has 1 fully saturated rings. The minimum atomic E-state index is -0.260. The lowest BCUT2D eigenvalue weighted by Crippen LogP contribution is -2.17. The number of aromatic nitrogens is 1. The third-order valence-corrected chi connectivity index (χ3v) is 3.24. The maximum absolute atomic E-state index is 13.1. The van der Waals surface area contributed by atoms with E-state index >= 15 is 0 Å². The molecule has 0 atom stereocenters. The molecule has 0 unspecified atom stereocenters. The van der Waals surface area contributed by atoms with E-state index in [0.29, 0.717) is 5.76 Å². The second-order valence-corrected chi connectivity index (χ2v) is 4.96. The van der Waals surface area contributed by atoms with Gasteiger partial charge in [-0.3, -0.25) is 0 Å². The molecule has 1 saturated carbocycles. The highest BCUT2D eigenvalue weighted by molar-refractivity contribution is 5.56.